The van der Waals surface area contributed by atoms with E-state index in [0.29, 0.717) is 12.8 Å². The lowest BCUT2D eigenvalue weighted by Gasteiger charge is -2.20. The second-order valence-electron chi connectivity index (χ2n) is 7.28. The molecule has 0 spiro atoms. The molecular weight excluding hydrogens is 352 g/mol. The highest BCUT2D eigenvalue weighted by Crippen LogP contribution is 2.27. The third kappa shape index (κ3) is 4.44. The van der Waals surface area contributed by atoms with Crippen molar-refractivity contribution in [3.63, 3.8) is 0 Å². The van der Waals surface area contributed by atoms with Gasteiger partial charge in [-0.2, -0.15) is 0 Å². The lowest BCUT2D eigenvalue weighted by molar-refractivity contribution is -0.121. The van der Waals surface area contributed by atoms with E-state index in [4.69, 9.17) is 0 Å². The van der Waals surface area contributed by atoms with Gasteiger partial charge in [0.05, 0.1) is 17.0 Å². The van der Waals surface area contributed by atoms with Gasteiger partial charge in [-0.3, -0.25) is 9.59 Å². The van der Waals surface area contributed by atoms with Crippen LogP contribution in [0.5, 0.6) is 0 Å². The van der Waals surface area contributed by atoms with Gasteiger partial charge in [0.25, 0.3) is 0 Å². The molecule has 6 nitrogen and oxygen atoms in total. The summed E-state index contributed by atoms with van der Waals surface area (Å²) in [7, 11) is -3.17. The predicted molar refractivity (Wildman–Crippen MR) is 101 cm³/mol. The van der Waals surface area contributed by atoms with Crippen LogP contribution < -0.4 is 10.6 Å². The van der Waals surface area contributed by atoms with Crippen LogP contribution in [0.1, 0.15) is 62.6 Å². The first kappa shape index (κ1) is 18.9. The topological polar surface area (TPSA) is 92.3 Å². The quantitative estimate of drug-likeness (QED) is 0.795. The summed E-state index contributed by atoms with van der Waals surface area (Å²) in [6.45, 7) is 1.88. The highest BCUT2D eigenvalue weighted by molar-refractivity contribution is 7.92. The Balaban J connectivity index is 1.55. The van der Waals surface area contributed by atoms with E-state index in [0.717, 1.165) is 42.5 Å². The molecule has 0 radical (unpaired) electrons. The maximum absolute atomic E-state index is 12.3. The van der Waals surface area contributed by atoms with Gasteiger partial charge in [-0.25, -0.2) is 8.42 Å². The molecule has 1 heterocycles. The van der Waals surface area contributed by atoms with E-state index >= 15 is 0 Å². The van der Waals surface area contributed by atoms with Gasteiger partial charge < -0.3 is 10.6 Å². The van der Waals surface area contributed by atoms with E-state index < -0.39 is 9.84 Å². The van der Waals surface area contributed by atoms with Crippen LogP contribution in [0, 0.1) is 0 Å². The maximum atomic E-state index is 12.3. The average Bonchev–Trinajstić information content (AvgIpc) is 3.15. The average molecular weight is 378 g/mol. The van der Waals surface area contributed by atoms with E-state index in [1.165, 1.54) is 0 Å². The molecule has 0 bridgehead atoms. The predicted octanol–water partition coefficient (Wildman–Crippen LogP) is 2.50. The molecule has 2 aliphatic rings. The second-order valence-corrected chi connectivity index (χ2v) is 9.68. The van der Waals surface area contributed by atoms with Crippen molar-refractivity contribution in [1.29, 1.82) is 0 Å². The van der Waals surface area contributed by atoms with Crippen molar-refractivity contribution in [1.82, 2.24) is 5.32 Å². The third-order valence-electron chi connectivity index (χ3n) is 5.33. The standard InChI is InChI=1S/C19H26N2O4S/c1-13(14-6-8-17-15(12-14)7-9-18(22)21-17)20-19(23)10-11-26(24,25)16-4-2-3-5-16/h6,8,12-13,16H,2-5,7,9-11H2,1H3,(H,20,23)(H,21,22)/t13-/m0/s1. The number of carbonyl (C=O) groups is 2. The first-order chi connectivity index (χ1) is 12.3. The van der Waals surface area contributed by atoms with Gasteiger partial charge in [0.15, 0.2) is 9.84 Å². The minimum absolute atomic E-state index is 0.00414. The number of sulfone groups is 1. The first-order valence-electron chi connectivity index (χ1n) is 9.29. The minimum atomic E-state index is -3.17. The van der Waals surface area contributed by atoms with E-state index in [9.17, 15) is 18.0 Å². The molecule has 1 saturated carbocycles. The lowest BCUT2D eigenvalue weighted by Crippen LogP contribution is -2.30. The van der Waals surface area contributed by atoms with Crippen LogP contribution in [0.3, 0.4) is 0 Å². The van der Waals surface area contributed by atoms with Crippen molar-refractivity contribution in [3.05, 3.63) is 29.3 Å². The summed E-state index contributed by atoms with van der Waals surface area (Å²) in [6, 6.07) is 5.52. The number of rotatable bonds is 6. The van der Waals surface area contributed by atoms with Crippen LogP contribution in [-0.2, 0) is 25.8 Å². The number of fused-ring (bicyclic) bond motifs is 1. The zero-order chi connectivity index (χ0) is 18.7. The first-order valence-corrected chi connectivity index (χ1v) is 11.0. The zero-order valence-corrected chi connectivity index (χ0v) is 15.9. The van der Waals surface area contributed by atoms with Crippen LogP contribution in [0.2, 0.25) is 0 Å². The van der Waals surface area contributed by atoms with Gasteiger partial charge in [-0.15, -0.1) is 0 Å². The van der Waals surface area contributed by atoms with Crippen LogP contribution >= 0.6 is 0 Å². The van der Waals surface area contributed by atoms with E-state index in [1.807, 2.05) is 25.1 Å². The van der Waals surface area contributed by atoms with Gasteiger partial charge in [-0.05, 0) is 43.4 Å². The van der Waals surface area contributed by atoms with Crippen LogP contribution in [0.25, 0.3) is 0 Å². The summed E-state index contributed by atoms with van der Waals surface area (Å²) in [5.41, 5.74) is 2.84. The Morgan fingerprint density at radius 1 is 1.27 bits per heavy atom. The molecule has 142 valence electrons. The summed E-state index contributed by atoms with van der Waals surface area (Å²) in [6.07, 6.45) is 4.55. The summed E-state index contributed by atoms with van der Waals surface area (Å²) in [5, 5.41) is 5.46. The van der Waals surface area contributed by atoms with Gasteiger partial charge in [0, 0.05) is 18.5 Å². The fraction of sp³-hybridized carbons (Fsp3) is 0.579. The molecule has 26 heavy (non-hydrogen) atoms. The zero-order valence-electron chi connectivity index (χ0n) is 15.1. The minimum Gasteiger partial charge on any atom is -0.350 e. The van der Waals surface area contributed by atoms with Crippen LogP contribution in [0.4, 0.5) is 5.69 Å². The molecule has 1 aromatic rings. The Morgan fingerprint density at radius 3 is 2.73 bits per heavy atom. The fourth-order valence-corrected chi connectivity index (χ4v) is 5.57. The molecular formula is C19H26N2O4S. The largest absolute Gasteiger partial charge is 0.350 e. The van der Waals surface area contributed by atoms with E-state index in [-0.39, 0.29) is 35.3 Å². The molecule has 7 heteroatoms. The van der Waals surface area contributed by atoms with E-state index in [1.54, 1.807) is 0 Å². The molecule has 0 aromatic heterocycles. The molecule has 1 aliphatic carbocycles. The number of benzene rings is 1. The Hall–Kier alpha value is -1.89. The monoisotopic (exact) mass is 378 g/mol. The number of anilines is 1. The van der Waals surface area contributed by atoms with E-state index in [2.05, 4.69) is 10.6 Å². The SMILES string of the molecule is C[C@H](NC(=O)CCS(=O)(=O)C1CCCC1)c1ccc2c(c1)CCC(=O)N2. The molecule has 1 atom stereocenters. The highest BCUT2D eigenvalue weighted by Gasteiger charge is 2.29. The smallest absolute Gasteiger partial charge is 0.224 e. The van der Waals surface area contributed by atoms with Crippen molar-refractivity contribution in [3.8, 4) is 0 Å². The molecule has 1 aromatic carbocycles. The number of amides is 2. The number of hydrogen-bond donors (Lipinski definition) is 2. The molecule has 2 amide bonds. The van der Waals surface area contributed by atoms with Crippen molar-refractivity contribution in [2.45, 2.75) is 63.2 Å². The number of aryl methyl sites for hydroxylation is 1. The summed E-state index contributed by atoms with van der Waals surface area (Å²) in [4.78, 5) is 23.6. The van der Waals surface area contributed by atoms with Gasteiger partial charge in [-0.1, -0.05) is 25.0 Å². The lowest BCUT2D eigenvalue weighted by atomic mass is 9.98. The second kappa shape index (κ2) is 7.78. The van der Waals surface area contributed by atoms with Crippen LogP contribution in [0.15, 0.2) is 18.2 Å². The molecule has 2 N–H and O–H groups in total. The van der Waals surface area contributed by atoms with Crippen molar-refractivity contribution < 1.29 is 18.0 Å². The van der Waals surface area contributed by atoms with Crippen molar-refractivity contribution >= 4 is 27.3 Å². The Morgan fingerprint density at radius 2 is 2.00 bits per heavy atom. The van der Waals surface area contributed by atoms with Crippen molar-refractivity contribution in [2.75, 3.05) is 11.1 Å². The fourth-order valence-electron chi connectivity index (χ4n) is 3.72. The third-order valence-corrected chi connectivity index (χ3v) is 7.59. The number of hydrogen-bond acceptors (Lipinski definition) is 4. The molecule has 1 aliphatic heterocycles. The Kier molecular flexibility index (Phi) is 5.65. The summed E-state index contributed by atoms with van der Waals surface area (Å²) < 4.78 is 24.5. The number of carbonyl (C=O) groups excluding carboxylic acids is 2. The van der Waals surface area contributed by atoms with Gasteiger partial charge in [0.2, 0.25) is 11.8 Å². The maximum Gasteiger partial charge on any atom is 0.224 e. The van der Waals surface area contributed by atoms with Gasteiger partial charge >= 0.3 is 0 Å². The summed E-state index contributed by atoms with van der Waals surface area (Å²) >= 11 is 0. The molecule has 1 fully saturated rings. The highest BCUT2D eigenvalue weighted by atomic mass is 32.2. The van der Waals surface area contributed by atoms with Crippen LogP contribution in [-0.4, -0.2) is 31.2 Å². The van der Waals surface area contributed by atoms with Crippen molar-refractivity contribution in [2.24, 2.45) is 0 Å². The van der Waals surface area contributed by atoms with Gasteiger partial charge in [0.1, 0.15) is 0 Å². The normalized spacial score (nSPS) is 18.9. The molecule has 3 rings (SSSR count). The number of nitrogens with one attached hydrogen (secondary N) is 2. The Labute approximate surface area is 154 Å². The molecule has 0 saturated heterocycles. The summed E-state index contributed by atoms with van der Waals surface area (Å²) in [5.74, 6) is -0.299. The molecule has 0 unspecified atom stereocenters. The Bertz CT molecular complexity index is 798.